The Labute approximate surface area is 114 Å². The number of ketones is 2. The van der Waals surface area contributed by atoms with Gasteiger partial charge in [0.15, 0.2) is 0 Å². The standard InChI is InChI=1S/C6Cl4O2.Pb.2H/c7-1-2(8)6(12)4(10)3(9)5(1)11;;;. The van der Waals surface area contributed by atoms with Crippen LogP contribution in [-0.4, -0.2) is 38.9 Å². The van der Waals surface area contributed by atoms with Crippen LogP contribution in [0.5, 0.6) is 0 Å². The first-order valence-corrected chi connectivity index (χ1v) is 4.18. The van der Waals surface area contributed by atoms with E-state index >= 15 is 0 Å². The molecule has 2 radical (unpaired) electrons. The van der Waals surface area contributed by atoms with Gasteiger partial charge >= 0.3 is 27.3 Å². The third-order valence-electron chi connectivity index (χ3n) is 1.18. The van der Waals surface area contributed by atoms with Crippen molar-refractivity contribution in [1.82, 2.24) is 0 Å². The summed E-state index contributed by atoms with van der Waals surface area (Å²) in [5.41, 5.74) is 0. The Bertz CT molecular complexity index is 283. The third kappa shape index (κ3) is 2.47. The topological polar surface area (TPSA) is 34.1 Å². The first kappa shape index (κ1) is 13.9. The molecule has 0 heterocycles. The Kier molecular flexibility index (Phi) is 5.47. The second-order valence-corrected chi connectivity index (χ2v) is 3.43. The molecule has 1 aliphatic rings. The molecule has 0 bridgehead atoms. The van der Waals surface area contributed by atoms with E-state index in [0.29, 0.717) is 0 Å². The molecule has 7 heteroatoms. The van der Waals surface area contributed by atoms with Crippen LogP contribution in [0.1, 0.15) is 0 Å². The molecule has 1 aliphatic carbocycles. The van der Waals surface area contributed by atoms with E-state index in [-0.39, 0.29) is 27.3 Å². The molecule has 70 valence electrons. The number of carbonyl (C=O) groups is 2. The van der Waals surface area contributed by atoms with E-state index in [1.54, 1.807) is 0 Å². The van der Waals surface area contributed by atoms with Crippen LogP contribution in [0.3, 0.4) is 0 Å². The normalized spacial score (nSPS) is 17.8. The minimum atomic E-state index is -0.729. The van der Waals surface area contributed by atoms with Gasteiger partial charge in [-0.2, -0.15) is 0 Å². The molecule has 13 heavy (non-hydrogen) atoms. The average molecular weight is 455 g/mol. The fourth-order valence-corrected chi connectivity index (χ4v) is 1.41. The van der Waals surface area contributed by atoms with Crippen LogP contribution in [0, 0.1) is 0 Å². The van der Waals surface area contributed by atoms with Gasteiger partial charge in [0.1, 0.15) is 20.1 Å². The van der Waals surface area contributed by atoms with Crippen molar-refractivity contribution in [3.8, 4) is 0 Å². The number of carbonyl (C=O) groups excluding carboxylic acids is 2. The number of Topliss-reactive ketones (excluding diaryl/α,β-unsaturated/α-hetero) is 2. The number of halogens is 4. The zero-order valence-corrected chi connectivity index (χ0v) is 14.6. The molecule has 0 unspecified atom stereocenters. The molecule has 0 fully saturated rings. The predicted octanol–water partition coefficient (Wildman–Crippen LogP) is 1.60. The van der Waals surface area contributed by atoms with Crippen molar-refractivity contribution in [2.45, 2.75) is 0 Å². The van der Waals surface area contributed by atoms with E-state index in [0.717, 1.165) is 0 Å². The Morgan fingerprint density at radius 2 is 0.769 bits per heavy atom. The summed E-state index contributed by atoms with van der Waals surface area (Å²) in [6.45, 7) is 0. The Hall–Kier alpha value is 0.902. The van der Waals surface area contributed by atoms with E-state index in [4.69, 9.17) is 46.4 Å². The van der Waals surface area contributed by atoms with Gasteiger partial charge in [-0.15, -0.1) is 0 Å². The van der Waals surface area contributed by atoms with Gasteiger partial charge in [0.2, 0.25) is 11.6 Å². The molecule has 0 atom stereocenters. The second-order valence-electron chi connectivity index (χ2n) is 1.91. The Morgan fingerprint density at radius 1 is 0.615 bits per heavy atom. The van der Waals surface area contributed by atoms with Crippen LogP contribution >= 0.6 is 46.4 Å². The van der Waals surface area contributed by atoms with E-state index in [2.05, 4.69) is 0 Å². The average Bonchev–Trinajstić information content (AvgIpc) is 2.08. The van der Waals surface area contributed by atoms with Crippen LogP contribution in [0.15, 0.2) is 20.1 Å². The summed E-state index contributed by atoms with van der Waals surface area (Å²) in [4.78, 5) is 22.0. The van der Waals surface area contributed by atoms with Crippen molar-refractivity contribution in [3.05, 3.63) is 20.1 Å². The molecular formula is C6H2Cl4O2Pb. The number of hydrogen-bond donors (Lipinski definition) is 0. The van der Waals surface area contributed by atoms with Crippen LogP contribution < -0.4 is 0 Å². The summed E-state index contributed by atoms with van der Waals surface area (Å²) in [5.74, 6) is -1.46. The fraction of sp³-hybridized carbons (Fsp3) is 0. The number of rotatable bonds is 0. The molecular weight excluding hydrogens is 453 g/mol. The first-order chi connectivity index (χ1) is 5.46. The van der Waals surface area contributed by atoms with Gasteiger partial charge in [0, 0.05) is 0 Å². The summed E-state index contributed by atoms with van der Waals surface area (Å²) in [5, 5.41) is -1.57. The van der Waals surface area contributed by atoms with Crippen molar-refractivity contribution in [3.63, 3.8) is 0 Å². The van der Waals surface area contributed by atoms with Gasteiger partial charge in [0.25, 0.3) is 0 Å². The molecule has 0 aliphatic heterocycles. The van der Waals surface area contributed by atoms with E-state index in [9.17, 15) is 9.59 Å². The molecule has 0 saturated heterocycles. The maximum atomic E-state index is 11.0. The van der Waals surface area contributed by atoms with Gasteiger partial charge in [-0.1, -0.05) is 46.4 Å². The van der Waals surface area contributed by atoms with E-state index in [1.165, 1.54) is 0 Å². The molecule has 0 aromatic heterocycles. The monoisotopic (exact) mass is 454 g/mol. The number of allylic oxidation sites excluding steroid dienone is 4. The second kappa shape index (κ2) is 5.12. The van der Waals surface area contributed by atoms with Crippen molar-refractivity contribution in [2.75, 3.05) is 0 Å². The molecule has 0 aromatic carbocycles. The van der Waals surface area contributed by atoms with Crippen LogP contribution in [-0.2, 0) is 9.59 Å². The van der Waals surface area contributed by atoms with Crippen molar-refractivity contribution in [2.24, 2.45) is 0 Å². The fourth-order valence-electron chi connectivity index (χ4n) is 0.591. The van der Waals surface area contributed by atoms with Gasteiger partial charge in [-0.05, 0) is 0 Å². The maximum absolute atomic E-state index is 11.0. The summed E-state index contributed by atoms with van der Waals surface area (Å²) >= 11 is 21.5. The first-order valence-electron chi connectivity index (χ1n) is 2.66. The zero-order valence-electron chi connectivity index (χ0n) is 6.04. The van der Waals surface area contributed by atoms with Gasteiger partial charge in [0.05, 0.1) is 0 Å². The van der Waals surface area contributed by atoms with Gasteiger partial charge < -0.3 is 0 Å². The summed E-state index contributed by atoms with van der Waals surface area (Å²) in [6.07, 6.45) is 0. The third-order valence-corrected chi connectivity index (χ3v) is 2.82. The summed E-state index contributed by atoms with van der Waals surface area (Å²) < 4.78 is 0. The van der Waals surface area contributed by atoms with E-state index in [1.807, 2.05) is 0 Å². The molecule has 0 aromatic rings. The van der Waals surface area contributed by atoms with Crippen LogP contribution in [0.25, 0.3) is 0 Å². The Balaban J connectivity index is 0.00000144. The molecule has 0 spiro atoms. The van der Waals surface area contributed by atoms with Crippen LogP contribution in [0.2, 0.25) is 0 Å². The van der Waals surface area contributed by atoms with Crippen molar-refractivity contribution < 1.29 is 9.59 Å². The Morgan fingerprint density at radius 3 is 0.923 bits per heavy atom. The van der Waals surface area contributed by atoms with E-state index < -0.39 is 31.7 Å². The van der Waals surface area contributed by atoms with Crippen LogP contribution in [0.4, 0.5) is 0 Å². The zero-order chi connectivity index (χ0) is 9.46. The number of hydrogen-bond acceptors (Lipinski definition) is 2. The SMILES string of the molecule is O=C1C(Cl)=C(Cl)C(=O)C(Cl)=C1Cl.[PbH2]. The van der Waals surface area contributed by atoms with Gasteiger partial charge in [-0.25, -0.2) is 0 Å². The molecule has 2 nitrogen and oxygen atoms in total. The van der Waals surface area contributed by atoms with Gasteiger partial charge in [-0.3, -0.25) is 9.59 Å². The summed E-state index contributed by atoms with van der Waals surface area (Å²) in [6, 6.07) is 0. The molecule has 0 saturated carbocycles. The quantitative estimate of drug-likeness (QED) is 0.411. The predicted molar refractivity (Wildman–Crippen MR) is 56.0 cm³/mol. The molecule has 0 N–H and O–H groups in total. The minimum absolute atomic E-state index is 0. The summed E-state index contributed by atoms with van der Waals surface area (Å²) in [7, 11) is 0. The molecule has 1 rings (SSSR count). The van der Waals surface area contributed by atoms with Crippen molar-refractivity contribution in [1.29, 1.82) is 0 Å². The molecule has 0 amide bonds. The van der Waals surface area contributed by atoms with Crippen molar-refractivity contribution >= 4 is 85.3 Å².